The molecule has 2 aromatic carbocycles. The minimum absolute atomic E-state index is 0.0261. The van der Waals surface area contributed by atoms with Gasteiger partial charge in [-0.25, -0.2) is 8.78 Å². The van der Waals surface area contributed by atoms with Crippen LogP contribution in [0.4, 0.5) is 33.3 Å². The molecule has 0 bridgehead atoms. The summed E-state index contributed by atoms with van der Waals surface area (Å²) >= 11 is 0. The second-order valence-electron chi connectivity index (χ2n) is 9.10. The van der Waals surface area contributed by atoms with Crippen LogP contribution in [0.25, 0.3) is 0 Å². The summed E-state index contributed by atoms with van der Waals surface area (Å²) in [5.74, 6) is -3.94. The van der Waals surface area contributed by atoms with E-state index in [0.29, 0.717) is 29.9 Å². The van der Waals surface area contributed by atoms with Crippen LogP contribution in [0, 0.1) is 11.6 Å². The minimum atomic E-state index is -4.88. The van der Waals surface area contributed by atoms with Gasteiger partial charge in [-0.1, -0.05) is 0 Å². The highest BCUT2D eigenvalue weighted by Crippen LogP contribution is 2.24. The molecule has 1 fully saturated rings. The molecule has 208 valence electrons. The van der Waals surface area contributed by atoms with Crippen molar-refractivity contribution in [1.82, 2.24) is 15.5 Å². The van der Waals surface area contributed by atoms with E-state index < -0.39 is 35.8 Å². The van der Waals surface area contributed by atoms with E-state index in [9.17, 15) is 31.5 Å². The van der Waals surface area contributed by atoms with Crippen LogP contribution >= 0.6 is 0 Å². The molecule has 1 saturated heterocycles. The fourth-order valence-electron chi connectivity index (χ4n) is 4.41. The Bertz CT molecular complexity index is 1260. The number of benzene rings is 2. The summed E-state index contributed by atoms with van der Waals surface area (Å²) in [5.41, 5.74) is 7.86. The molecule has 1 unspecified atom stereocenters. The maximum atomic E-state index is 13.5. The van der Waals surface area contributed by atoms with E-state index in [1.54, 1.807) is 18.2 Å². The van der Waals surface area contributed by atoms with E-state index in [4.69, 9.17) is 5.73 Å². The van der Waals surface area contributed by atoms with Crippen molar-refractivity contribution in [2.24, 2.45) is 5.73 Å². The van der Waals surface area contributed by atoms with Crippen molar-refractivity contribution in [3.05, 3.63) is 83.2 Å². The summed E-state index contributed by atoms with van der Waals surface area (Å²) < 4.78 is 65.4. The molecule has 13 heteroatoms. The lowest BCUT2D eigenvalue weighted by Crippen LogP contribution is -2.43. The van der Waals surface area contributed by atoms with E-state index in [1.165, 1.54) is 18.3 Å². The molecule has 1 atom stereocenters. The van der Waals surface area contributed by atoms with Crippen LogP contribution in [0.1, 0.15) is 12.0 Å². The summed E-state index contributed by atoms with van der Waals surface area (Å²) in [4.78, 5) is 26.2. The Labute approximate surface area is 221 Å². The average Bonchev–Trinajstić information content (AvgIpc) is 3.13. The van der Waals surface area contributed by atoms with E-state index in [0.717, 1.165) is 16.7 Å². The number of nitrogens with one attached hydrogen (secondary N) is 3. The topological polar surface area (TPSA) is 103 Å². The number of hydrogen-bond acceptors (Lipinski definition) is 6. The Morgan fingerprint density at radius 2 is 1.69 bits per heavy atom. The second-order valence-corrected chi connectivity index (χ2v) is 9.10. The van der Waals surface area contributed by atoms with Crippen LogP contribution in [0.3, 0.4) is 0 Å². The summed E-state index contributed by atoms with van der Waals surface area (Å²) in [6.45, 7) is 0.842. The van der Waals surface area contributed by atoms with Crippen molar-refractivity contribution >= 4 is 23.2 Å². The van der Waals surface area contributed by atoms with E-state index in [1.807, 2.05) is 17.0 Å². The highest BCUT2D eigenvalue weighted by Gasteiger charge is 2.42. The van der Waals surface area contributed by atoms with Crippen LogP contribution in [-0.2, 0) is 16.1 Å². The van der Waals surface area contributed by atoms with Gasteiger partial charge in [0, 0.05) is 62.1 Å². The van der Waals surface area contributed by atoms with Gasteiger partial charge in [-0.15, -0.1) is 0 Å². The van der Waals surface area contributed by atoms with Gasteiger partial charge in [-0.05, 0) is 54.5 Å². The van der Waals surface area contributed by atoms with Crippen molar-refractivity contribution in [2.75, 3.05) is 36.4 Å². The Kier molecular flexibility index (Phi) is 8.27. The van der Waals surface area contributed by atoms with Crippen LogP contribution in [0.5, 0.6) is 0 Å². The summed E-state index contributed by atoms with van der Waals surface area (Å²) in [6, 6.07) is 10.4. The molecule has 0 aliphatic carbocycles. The van der Waals surface area contributed by atoms with E-state index >= 15 is 0 Å². The molecule has 2 heterocycles. The monoisotopic (exact) mass is 550 g/mol. The van der Waals surface area contributed by atoms with Crippen LogP contribution < -0.4 is 26.6 Å². The number of anilines is 2. The fourth-order valence-corrected chi connectivity index (χ4v) is 4.41. The number of alkyl halides is 3. The van der Waals surface area contributed by atoms with Gasteiger partial charge in [0.1, 0.15) is 17.8 Å². The first-order valence-corrected chi connectivity index (χ1v) is 12.1. The molecule has 2 aliphatic heterocycles. The first kappa shape index (κ1) is 27.7. The van der Waals surface area contributed by atoms with Crippen molar-refractivity contribution < 1.29 is 31.5 Å². The van der Waals surface area contributed by atoms with Crippen molar-refractivity contribution in [1.29, 1.82) is 0 Å². The third kappa shape index (κ3) is 7.18. The molecule has 2 aromatic rings. The van der Waals surface area contributed by atoms with Gasteiger partial charge < -0.3 is 31.5 Å². The number of dihydropyridines is 1. The molecule has 0 saturated carbocycles. The molecule has 39 heavy (non-hydrogen) atoms. The van der Waals surface area contributed by atoms with Crippen molar-refractivity contribution in [2.45, 2.75) is 25.3 Å². The van der Waals surface area contributed by atoms with Crippen molar-refractivity contribution in [3.63, 3.8) is 0 Å². The zero-order valence-electron chi connectivity index (χ0n) is 20.7. The van der Waals surface area contributed by atoms with E-state index in [-0.39, 0.29) is 31.8 Å². The molecule has 0 aromatic heterocycles. The van der Waals surface area contributed by atoms with Gasteiger partial charge in [-0.2, -0.15) is 13.2 Å². The molecule has 0 spiro atoms. The maximum absolute atomic E-state index is 13.5. The largest absolute Gasteiger partial charge is 0.471 e. The molecule has 0 radical (unpaired) electrons. The van der Waals surface area contributed by atoms with Gasteiger partial charge in [-0.3, -0.25) is 9.59 Å². The van der Waals surface area contributed by atoms with Crippen LogP contribution in [0.15, 0.2) is 66.0 Å². The van der Waals surface area contributed by atoms with Crippen LogP contribution in [-0.4, -0.2) is 55.2 Å². The highest BCUT2D eigenvalue weighted by molar-refractivity contribution is 5.96. The van der Waals surface area contributed by atoms with Crippen LogP contribution in [0.2, 0.25) is 0 Å². The Hall–Kier alpha value is -4.29. The lowest BCUT2D eigenvalue weighted by atomic mass is 10.1. The molecule has 2 amide bonds. The molecular formula is C26H27F5N6O2. The zero-order valence-corrected chi connectivity index (χ0v) is 20.7. The highest BCUT2D eigenvalue weighted by atomic mass is 19.4. The third-order valence-electron chi connectivity index (χ3n) is 6.28. The third-order valence-corrected chi connectivity index (χ3v) is 6.28. The number of nitrogens with zero attached hydrogens (tertiary/aromatic N) is 2. The predicted octanol–water partition coefficient (Wildman–Crippen LogP) is 2.95. The zero-order chi connectivity index (χ0) is 28.2. The first-order valence-electron chi connectivity index (χ1n) is 12.1. The van der Waals surface area contributed by atoms with Gasteiger partial charge >= 0.3 is 12.1 Å². The normalized spacial score (nSPS) is 17.9. The molecule has 4 rings (SSSR count). The summed E-state index contributed by atoms with van der Waals surface area (Å²) in [6.07, 6.45) is -1.83. The second kappa shape index (κ2) is 11.6. The number of rotatable bonds is 7. The number of carbonyl (C=O) groups excluding carboxylic acids is 2. The number of nitrogens with two attached hydrogens (primary N) is 1. The first-order chi connectivity index (χ1) is 18.5. The molecule has 2 aliphatic rings. The fraction of sp³-hybridized carbons (Fsp3) is 0.308. The Morgan fingerprint density at radius 1 is 1.00 bits per heavy atom. The lowest BCUT2D eigenvalue weighted by Gasteiger charge is -2.26. The van der Waals surface area contributed by atoms with Gasteiger partial charge in [0.2, 0.25) is 0 Å². The quantitative estimate of drug-likeness (QED) is 0.396. The Morgan fingerprint density at radius 3 is 2.33 bits per heavy atom. The van der Waals surface area contributed by atoms with Crippen molar-refractivity contribution in [3.8, 4) is 0 Å². The number of halogens is 5. The number of carbonyl (C=O) groups is 2. The SMILES string of the molecule is NC(=O)C1=CNC(Nc2ccc(N3CCCN(C(=O)C(F)(F)F)CC3)cc2)C=C1NCc1cc(F)cc(F)c1. The molecule has 5 N–H and O–H groups in total. The average molecular weight is 551 g/mol. The van der Waals surface area contributed by atoms with E-state index in [2.05, 4.69) is 16.0 Å². The standard InChI is InChI=1S/C26H27F5N6O2/c27-17-10-16(11-18(28)12-17)14-33-22-13-23(34-15-21(22)24(32)38)35-19-2-4-20(5-3-19)36-6-1-7-37(9-8-36)25(39)26(29,30)31/h2-5,10-13,15,23,33-35H,1,6-9,14H2,(H2,32,38). The number of hydrogen-bond donors (Lipinski definition) is 4. The summed E-state index contributed by atoms with van der Waals surface area (Å²) in [7, 11) is 0. The predicted molar refractivity (Wildman–Crippen MR) is 135 cm³/mol. The smallest absolute Gasteiger partial charge is 0.380 e. The maximum Gasteiger partial charge on any atom is 0.471 e. The molecule has 8 nitrogen and oxygen atoms in total. The molecular weight excluding hydrogens is 523 g/mol. The number of primary amides is 1. The lowest BCUT2D eigenvalue weighted by molar-refractivity contribution is -0.185. The summed E-state index contributed by atoms with van der Waals surface area (Å²) in [5, 5.41) is 9.23. The van der Waals surface area contributed by atoms with Gasteiger partial charge in [0.25, 0.3) is 5.91 Å². The van der Waals surface area contributed by atoms with Gasteiger partial charge in [0.05, 0.1) is 5.57 Å². The number of amides is 2. The Balaban J connectivity index is 1.39. The minimum Gasteiger partial charge on any atom is -0.380 e. The van der Waals surface area contributed by atoms with Gasteiger partial charge in [0.15, 0.2) is 0 Å².